The SMILES string of the molecule is CCN(CC)S(=O)(=O)c1cc(C(=O)N(Cc2cccs2)Cc2cccs2)ccc1Cl. The van der Waals surface area contributed by atoms with E-state index in [0.29, 0.717) is 31.7 Å². The van der Waals surface area contributed by atoms with Crippen LogP contribution in [0.15, 0.2) is 58.1 Å². The second kappa shape index (κ2) is 10.1. The average molecular weight is 483 g/mol. The molecular weight excluding hydrogens is 460 g/mol. The predicted molar refractivity (Wildman–Crippen MR) is 124 cm³/mol. The molecule has 0 aliphatic carbocycles. The van der Waals surface area contributed by atoms with Gasteiger partial charge in [0.1, 0.15) is 4.90 Å². The predicted octanol–water partition coefficient (Wildman–Crippen LogP) is 5.34. The molecular formula is C21H23ClN2O3S3. The average Bonchev–Trinajstić information content (AvgIpc) is 3.42. The molecule has 0 saturated carbocycles. The van der Waals surface area contributed by atoms with Crippen LogP contribution in [0.4, 0.5) is 0 Å². The Morgan fingerprint density at radius 2 is 1.53 bits per heavy atom. The molecule has 2 heterocycles. The lowest BCUT2D eigenvalue weighted by Gasteiger charge is -2.23. The zero-order valence-corrected chi connectivity index (χ0v) is 20.0. The fourth-order valence-corrected chi connectivity index (χ4v) is 6.50. The van der Waals surface area contributed by atoms with Crippen molar-refractivity contribution in [2.75, 3.05) is 13.1 Å². The van der Waals surface area contributed by atoms with Crippen molar-refractivity contribution in [3.8, 4) is 0 Å². The summed E-state index contributed by atoms with van der Waals surface area (Å²) in [5.41, 5.74) is 0.304. The Bertz CT molecular complexity index is 1040. The molecule has 3 aromatic rings. The van der Waals surface area contributed by atoms with Gasteiger partial charge >= 0.3 is 0 Å². The van der Waals surface area contributed by atoms with Gasteiger partial charge in [0.25, 0.3) is 5.91 Å². The van der Waals surface area contributed by atoms with E-state index in [4.69, 9.17) is 11.6 Å². The molecule has 5 nitrogen and oxygen atoms in total. The standard InChI is InChI=1S/C21H23ClN2O3S3/c1-3-24(4-2)30(26,27)20-13-16(9-10-19(20)22)21(25)23(14-17-7-5-11-28-17)15-18-8-6-12-29-18/h5-13H,3-4,14-15H2,1-2H3. The first-order valence-electron chi connectivity index (χ1n) is 9.50. The van der Waals surface area contributed by atoms with Gasteiger partial charge in [-0.15, -0.1) is 22.7 Å². The molecule has 0 aliphatic rings. The number of amides is 1. The molecule has 0 bridgehead atoms. The van der Waals surface area contributed by atoms with Crippen LogP contribution in [0, 0.1) is 0 Å². The molecule has 0 saturated heterocycles. The number of carbonyl (C=O) groups excluding carboxylic acids is 1. The Balaban J connectivity index is 1.96. The molecule has 3 rings (SSSR count). The highest BCUT2D eigenvalue weighted by Gasteiger charge is 2.27. The Kier molecular flexibility index (Phi) is 7.70. The van der Waals surface area contributed by atoms with Gasteiger partial charge in [0.15, 0.2) is 0 Å². The van der Waals surface area contributed by atoms with E-state index in [-0.39, 0.29) is 15.8 Å². The fraction of sp³-hybridized carbons (Fsp3) is 0.286. The maximum atomic E-state index is 13.4. The van der Waals surface area contributed by atoms with Crippen molar-refractivity contribution in [2.45, 2.75) is 31.8 Å². The number of rotatable bonds is 9. The summed E-state index contributed by atoms with van der Waals surface area (Å²) < 4.78 is 27.3. The van der Waals surface area contributed by atoms with E-state index in [1.165, 1.54) is 16.4 Å². The topological polar surface area (TPSA) is 57.7 Å². The third-order valence-corrected chi connectivity index (χ3v) is 8.90. The van der Waals surface area contributed by atoms with Gasteiger partial charge in [-0.25, -0.2) is 8.42 Å². The number of hydrogen-bond donors (Lipinski definition) is 0. The monoisotopic (exact) mass is 482 g/mol. The molecule has 1 aromatic carbocycles. The van der Waals surface area contributed by atoms with Gasteiger partial charge in [-0.1, -0.05) is 37.6 Å². The van der Waals surface area contributed by atoms with Gasteiger partial charge in [0.05, 0.1) is 18.1 Å². The lowest BCUT2D eigenvalue weighted by molar-refractivity contribution is 0.0733. The molecule has 0 aliphatic heterocycles. The van der Waals surface area contributed by atoms with Crippen LogP contribution in [-0.2, 0) is 23.1 Å². The zero-order chi connectivity index (χ0) is 21.7. The van der Waals surface area contributed by atoms with Crippen molar-refractivity contribution in [3.05, 3.63) is 73.6 Å². The maximum Gasteiger partial charge on any atom is 0.254 e. The van der Waals surface area contributed by atoms with E-state index < -0.39 is 10.0 Å². The Morgan fingerprint density at radius 1 is 0.967 bits per heavy atom. The van der Waals surface area contributed by atoms with E-state index in [1.807, 2.05) is 35.0 Å². The van der Waals surface area contributed by atoms with Crippen molar-refractivity contribution in [3.63, 3.8) is 0 Å². The molecule has 160 valence electrons. The third-order valence-electron chi connectivity index (χ3n) is 4.64. The van der Waals surface area contributed by atoms with Crippen LogP contribution in [0.1, 0.15) is 34.0 Å². The van der Waals surface area contributed by atoms with E-state index in [1.54, 1.807) is 47.5 Å². The van der Waals surface area contributed by atoms with Crippen LogP contribution in [0.2, 0.25) is 5.02 Å². The molecule has 9 heteroatoms. The van der Waals surface area contributed by atoms with Crippen molar-refractivity contribution in [1.82, 2.24) is 9.21 Å². The molecule has 0 spiro atoms. The largest absolute Gasteiger partial charge is 0.328 e. The third kappa shape index (κ3) is 5.12. The molecule has 30 heavy (non-hydrogen) atoms. The molecule has 0 atom stereocenters. The van der Waals surface area contributed by atoms with Crippen molar-refractivity contribution < 1.29 is 13.2 Å². The lowest BCUT2D eigenvalue weighted by Crippen LogP contribution is -2.32. The van der Waals surface area contributed by atoms with Gasteiger partial charge in [-0.05, 0) is 41.1 Å². The summed E-state index contributed by atoms with van der Waals surface area (Å²) in [7, 11) is -3.78. The van der Waals surface area contributed by atoms with Crippen LogP contribution < -0.4 is 0 Å². The maximum absolute atomic E-state index is 13.4. The molecule has 2 aromatic heterocycles. The summed E-state index contributed by atoms with van der Waals surface area (Å²) >= 11 is 9.39. The van der Waals surface area contributed by atoms with Crippen LogP contribution in [0.3, 0.4) is 0 Å². The molecule has 0 unspecified atom stereocenters. The van der Waals surface area contributed by atoms with E-state index in [0.717, 1.165) is 9.75 Å². The summed E-state index contributed by atoms with van der Waals surface area (Å²) in [6.45, 7) is 5.11. The molecule has 1 amide bonds. The minimum Gasteiger partial charge on any atom is -0.328 e. The van der Waals surface area contributed by atoms with Crippen LogP contribution in [0.25, 0.3) is 0 Å². The normalized spacial score (nSPS) is 11.7. The van der Waals surface area contributed by atoms with Crippen LogP contribution in [0.5, 0.6) is 0 Å². The Labute approximate surface area is 190 Å². The summed E-state index contributed by atoms with van der Waals surface area (Å²) in [6.07, 6.45) is 0. The van der Waals surface area contributed by atoms with Gasteiger partial charge in [-0.2, -0.15) is 4.31 Å². The van der Waals surface area contributed by atoms with Gasteiger partial charge in [0.2, 0.25) is 10.0 Å². The number of sulfonamides is 1. The minimum atomic E-state index is -3.78. The Hall–Kier alpha value is -1.71. The first-order valence-corrected chi connectivity index (χ1v) is 13.1. The summed E-state index contributed by atoms with van der Waals surface area (Å²) in [4.78, 5) is 17.2. The van der Waals surface area contributed by atoms with E-state index in [9.17, 15) is 13.2 Å². The second-order valence-electron chi connectivity index (χ2n) is 6.55. The smallest absolute Gasteiger partial charge is 0.254 e. The molecule has 0 radical (unpaired) electrons. The highest BCUT2D eigenvalue weighted by molar-refractivity contribution is 7.89. The molecule has 0 N–H and O–H groups in total. The summed E-state index contributed by atoms with van der Waals surface area (Å²) in [6, 6.07) is 12.3. The van der Waals surface area contributed by atoms with Crippen molar-refractivity contribution in [2.24, 2.45) is 0 Å². The quantitative estimate of drug-likeness (QED) is 0.414. The number of halogens is 1. The highest BCUT2D eigenvalue weighted by atomic mass is 35.5. The Morgan fingerprint density at radius 3 is 2.00 bits per heavy atom. The summed E-state index contributed by atoms with van der Waals surface area (Å²) in [5.74, 6) is -0.232. The number of thiophene rings is 2. The van der Waals surface area contributed by atoms with Crippen LogP contribution >= 0.6 is 34.3 Å². The van der Waals surface area contributed by atoms with Crippen LogP contribution in [-0.4, -0.2) is 36.6 Å². The summed E-state index contributed by atoms with van der Waals surface area (Å²) in [5, 5.41) is 4.06. The van der Waals surface area contributed by atoms with E-state index >= 15 is 0 Å². The van der Waals surface area contributed by atoms with Gasteiger partial charge < -0.3 is 4.90 Å². The van der Waals surface area contributed by atoms with Crippen molar-refractivity contribution in [1.29, 1.82) is 0 Å². The number of benzene rings is 1. The fourth-order valence-electron chi connectivity index (χ4n) is 3.10. The highest BCUT2D eigenvalue weighted by Crippen LogP contribution is 2.27. The number of nitrogens with zero attached hydrogens (tertiary/aromatic N) is 2. The van der Waals surface area contributed by atoms with Crippen molar-refractivity contribution >= 4 is 50.2 Å². The van der Waals surface area contributed by atoms with E-state index in [2.05, 4.69) is 0 Å². The van der Waals surface area contributed by atoms with Gasteiger partial charge in [0, 0.05) is 28.4 Å². The lowest BCUT2D eigenvalue weighted by atomic mass is 10.2. The first kappa shape index (κ1) is 23.0. The zero-order valence-electron chi connectivity index (χ0n) is 16.7. The number of carbonyl (C=O) groups is 1. The van der Waals surface area contributed by atoms with Gasteiger partial charge in [-0.3, -0.25) is 4.79 Å². The first-order chi connectivity index (χ1) is 14.4. The number of hydrogen-bond acceptors (Lipinski definition) is 5. The second-order valence-corrected chi connectivity index (χ2v) is 10.9. The minimum absolute atomic E-state index is 0.0362. The molecule has 0 fully saturated rings.